The van der Waals surface area contributed by atoms with Gasteiger partial charge in [0.2, 0.25) is 53.2 Å². The van der Waals surface area contributed by atoms with E-state index < -0.39 is 188 Å². The lowest BCUT2D eigenvalue weighted by atomic mass is 9.96. The van der Waals surface area contributed by atoms with E-state index in [4.69, 9.17) is 10.8 Å². The number of carboxylic acid groups (broad SMARTS) is 4. The highest BCUT2D eigenvalue weighted by molar-refractivity contribution is 5.99. The predicted octanol–water partition coefficient (Wildman–Crippen LogP) is -3.60. The summed E-state index contributed by atoms with van der Waals surface area (Å²) in [6.45, 7) is 14.6. The number of aliphatic hydroxyl groups excluding tert-OH is 1. The molecule has 0 aliphatic carbocycles. The van der Waals surface area contributed by atoms with Gasteiger partial charge in [0.1, 0.15) is 48.3 Å². The second-order valence-electron chi connectivity index (χ2n) is 18.6. The van der Waals surface area contributed by atoms with E-state index in [1.54, 1.807) is 41.5 Å². The van der Waals surface area contributed by atoms with Gasteiger partial charge in [-0.15, -0.1) is 0 Å². The third kappa shape index (κ3) is 24.3. The Balaban J connectivity index is 6.16. The Morgan fingerprint density at radius 3 is 1.34 bits per heavy atom. The van der Waals surface area contributed by atoms with Gasteiger partial charge < -0.3 is 79.1 Å². The summed E-state index contributed by atoms with van der Waals surface area (Å²) in [4.78, 5) is 166. The molecule has 0 saturated heterocycles. The third-order valence-electron chi connectivity index (χ3n) is 11.4. The van der Waals surface area contributed by atoms with Gasteiger partial charge in [0, 0.05) is 6.42 Å². The van der Waals surface area contributed by atoms with Crippen molar-refractivity contribution < 1.29 is 87.9 Å². The molecule has 0 aliphatic heterocycles. The maximum atomic E-state index is 13.8. The van der Waals surface area contributed by atoms with Crippen molar-refractivity contribution in [2.24, 2.45) is 29.4 Å². The zero-order chi connectivity index (χ0) is 56.6. The van der Waals surface area contributed by atoms with E-state index >= 15 is 0 Å². The van der Waals surface area contributed by atoms with Crippen molar-refractivity contribution in [3.05, 3.63) is 0 Å². The van der Waals surface area contributed by atoms with Crippen LogP contribution in [-0.2, 0) is 62.3 Å². The van der Waals surface area contributed by atoms with E-state index in [-0.39, 0.29) is 18.8 Å². The highest BCUT2D eigenvalue weighted by atomic mass is 16.4. The van der Waals surface area contributed by atoms with Gasteiger partial charge in [-0.05, 0) is 50.4 Å². The van der Waals surface area contributed by atoms with E-state index in [1.165, 1.54) is 13.8 Å². The zero-order valence-electron chi connectivity index (χ0n) is 42.9. The molecule has 0 aromatic heterocycles. The van der Waals surface area contributed by atoms with Crippen LogP contribution in [0.5, 0.6) is 0 Å². The summed E-state index contributed by atoms with van der Waals surface area (Å²) in [5.74, 6) is -17.0. The molecule has 0 saturated carbocycles. The Bertz CT molecular complexity index is 1980. The molecule has 414 valence electrons. The standard InChI is InChI=1S/C45H76N10O18/c1-11-21(7)34(52-29(57)18-47-39(66)27(16-31(60)61)50-38(65)25(46)15-19(3)4)43(70)53-33(20(5)6)41(68)55-36(24(10)56)44(71)51-28(17-32(62)63)40(67)48-23(9)37(64)54-35(22(8)12-2)42(69)49-26(45(72)73)13-14-30(58)59/h19-28,33-36,56H,11-18,46H2,1-10H3,(H,47,66)(H,48,67)(H,49,69)(H,50,65)(H,51,71)(H,52,57)(H,53,70)(H,54,64)(H,55,68)(H,58,59)(H,60,61)(H,62,63)(H,72,73)/t21-,22-,23-,24+,25-,26-,27-,28-,33-,34-,35-,36-/m0/s1. The molecule has 73 heavy (non-hydrogen) atoms. The molecule has 0 aliphatic rings. The Labute approximate surface area is 422 Å². The summed E-state index contributed by atoms with van der Waals surface area (Å²) in [5, 5.41) is 68.7. The number of nitrogens with one attached hydrogen (secondary N) is 9. The van der Waals surface area contributed by atoms with Crippen molar-refractivity contribution in [2.75, 3.05) is 6.54 Å². The number of aliphatic hydroxyl groups is 1. The largest absolute Gasteiger partial charge is 0.481 e. The lowest BCUT2D eigenvalue weighted by Crippen LogP contribution is -2.63. The van der Waals surface area contributed by atoms with Crippen molar-refractivity contribution >= 4 is 77.0 Å². The molecule has 28 nitrogen and oxygen atoms in total. The van der Waals surface area contributed by atoms with E-state index in [0.29, 0.717) is 6.42 Å². The van der Waals surface area contributed by atoms with Crippen molar-refractivity contribution in [1.29, 1.82) is 0 Å². The minimum Gasteiger partial charge on any atom is -0.481 e. The molecule has 0 unspecified atom stereocenters. The first-order valence-corrected chi connectivity index (χ1v) is 23.8. The van der Waals surface area contributed by atoms with Gasteiger partial charge >= 0.3 is 23.9 Å². The molecule has 12 atom stereocenters. The second-order valence-corrected chi connectivity index (χ2v) is 18.6. The number of aliphatic carboxylic acids is 4. The number of carboxylic acids is 4. The van der Waals surface area contributed by atoms with E-state index in [0.717, 1.165) is 13.8 Å². The Hall–Kier alpha value is -6.97. The van der Waals surface area contributed by atoms with Crippen LogP contribution in [0.3, 0.4) is 0 Å². The third-order valence-corrected chi connectivity index (χ3v) is 11.4. The molecule has 0 aromatic rings. The molecular formula is C45H76N10O18. The van der Waals surface area contributed by atoms with Crippen LogP contribution in [0.25, 0.3) is 0 Å². The maximum absolute atomic E-state index is 13.8. The number of rotatable bonds is 34. The van der Waals surface area contributed by atoms with E-state index in [2.05, 4.69) is 47.9 Å². The quantitative estimate of drug-likeness (QED) is 0.0296. The van der Waals surface area contributed by atoms with E-state index in [9.17, 15) is 82.8 Å². The average molecular weight is 1050 g/mol. The first-order valence-electron chi connectivity index (χ1n) is 23.8. The molecule has 28 heteroatoms. The monoisotopic (exact) mass is 1040 g/mol. The topological polar surface area (TPSA) is 457 Å². The zero-order valence-corrected chi connectivity index (χ0v) is 42.9. The van der Waals surface area contributed by atoms with Crippen LogP contribution in [0.2, 0.25) is 0 Å². The normalized spacial score (nSPS) is 16.1. The van der Waals surface area contributed by atoms with Gasteiger partial charge in [-0.25, -0.2) is 4.79 Å². The lowest BCUT2D eigenvalue weighted by molar-refractivity contribution is -0.144. The molecule has 0 fully saturated rings. The Morgan fingerprint density at radius 1 is 0.466 bits per heavy atom. The van der Waals surface area contributed by atoms with Gasteiger partial charge in [-0.2, -0.15) is 0 Å². The minimum absolute atomic E-state index is 0.00640. The minimum atomic E-state index is -1.95. The van der Waals surface area contributed by atoms with Gasteiger partial charge in [0.05, 0.1) is 31.5 Å². The van der Waals surface area contributed by atoms with Crippen LogP contribution in [0.1, 0.15) is 114 Å². The average Bonchev–Trinajstić information content (AvgIpc) is 3.28. The van der Waals surface area contributed by atoms with Crippen LogP contribution in [-0.4, -0.2) is 170 Å². The molecule has 0 spiro atoms. The highest BCUT2D eigenvalue weighted by Gasteiger charge is 2.38. The van der Waals surface area contributed by atoms with Gasteiger partial charge in [-0.3, -0.25) is 57.5 Å². The number of nitrogens with two attached hydrogens (primary N) is 1. The van der Waals surface area contributed by atoms with Crippen LogP contribution in [0, 0.1) is 23.7 Å². The van der Waals surface area contributed by atoms with Gasteiger partial charge in [-0.1, -0.05) is 68.2 Å². The van der Waals surface area contributed by atoms with Gasteiger partial charge in [0.15, 0.2) is 0 Å². The summed E-state index contributed by atoms with van der Waals surface area (Å²) >= 11 is 0. The smallest absolute Gasteiger partial charge is 0.326 e. The fraction of sp³-hybridized carbons (Fsp3) is 0.711. The number of carbonyl (C=O) groups excluding carboxylic acids is 9. The molecule has 0 bridgehead atoms. The molecule has 16 N–H and O–H groups in total. The van der Waals surface area contributed by atoms with Crippen molar-refractivity contribution in [3.63, 3.8) is 0 Å². The van der Waals surface area contributed by atoms with Crippen LogP contribution in [0.4, 0.5) is 0 Å². The Morgan fingerprint density at radius 2 is 0.890 bits per heavy atom. The summed E-state index contributed by atoms with van der Waals surface area (Å²) in [6, 6.07) is -13.8. The highest BCUT2D eigenvalue weighted by Crippen LogP contribution is 2.13. The summed E-state index contributed by atoms with van der Waals surface area (Å²) < 4.78 is 0. The van der Waals surface area contributed by atoms with Crippen LogP contribution in [0.15, 0.2) is 0 Å². The first-order chi connectivity index (χ1) is 33.8. The molecular weight excluding hydrogens is 969 g/mol. The van der Waals surface area contributed by atoms with Crippen LogP contribution >= 0.6 is 0 Å². The summed E-state index contributed by atoms with van der Waals surface area (Å²) in [6.07, 6.45) is -3.89. The molecule has 0 radical (unpaired) electrons. The Kier molecular flexibility index (Phi) is 29.1. The number of hydrogen-bond acceptors (Lipinski definition) is 15. The van der Waals surface area contributed by atoms with Crippen molar-refractivity contribution in [3.8, 4) is 0 Å². The fourth-order valence-corrected chi connectivity index (χ4v) is 6.71. The van der Waals surface area contributed by atoms with Crippen molar-refractivity contribution in [1.82, 2.24) is 47.9 Å². The lowest BCUT2D eigenvalue weighted by Gasteiger charge is -2.30. The van der Waals surface area contributed by atoms with Gasteiger partial charge in [0.25, 0.3) is 0 Å². The predicted molar refractivity (Wildman–Crippen MR) is 256 cm³/mol. The summed E-state index contributed by atoms with van der Waals surface area (Å²) in [5.41, 5.74) is 5.86. The number of amides is 9. The van der Waals surface area contributed by atoms with Crippen molar-refractivity contribution in [2.45, 2.75) is 175 Å². The first kappa shape index (κ1) is 66.0. The number of carbonyl (C=O) groups is 13. The van der Waals surface area contributed by atoms with Crippen LogP contribution < -0.4 is 53.6 Å². The second kappa shape index (κ2) is 32.2. The SMILES string of the molecule is CC[C@H](C)[C@H](NC(=O)CNC(=O)[C@H](CC(=O)O)NC(=O)[C@@H](N)CC(C)C)C(=O)N[C@H](C(=O)N[C@H](C(=O)N[C@@H](CC(=O)O)C(=O)N[C@@H](C)C(=O)N[C@H](C(=O)N[C@@H](CCC(=O)O)C(=O)O)[C@@H](C)CC)[C@@H](C)O)C(C)C. The molecule has 0 aromatic carbocycles. The maximum Gasteiger partial charge on any atom is 0.326 e. The number of hydrogen-bond donors (Lipinski definition) is 15. The molecule has 9 amide bonds. The van der Waals surface area contributed by atoms with E-state index in [1.807, 2.05) is 0 Å². The fourth-order valence-electron chi connectivity index (χ4n) is 6.71. The molecule has 0 rings (SSSR count). The molecule has 0 heterocycles. The summed E-state index contributed by atoms with van der Waals surface area (Å²) in [7, 11) is 0.